The van der Waals surface area contributed by atoms with Gasteiger partial charge in [0, 0.05) is 6.04 Å². The largest absolute Gasteiger partial charge is 0.327 e. The Bertz CT molecular complexity index is 368. The molecule has 0 amide bonds. The van der Waals surface area contributed by atoms with Gasteiger partial charge in [-0.2, -0.15) is 0 Å². The lowest BCUT2D eigenvalue weighted by Crippen LogP contribution is -2.59. The molecule has 0 aromatic heterocycles. The van der Waals surface area contributed by atoms with Crippen molar-refractivity contribution in [3.63, 3.8) is 0 Å². The molecule has 2 heteroatoms. The summed E-state index contributed by atoms with van der Waals surface area (Å²) in [5.74, 6) is 2.99. The Kier molecular flexibility index (Phi) is 9.80. The highest BCUT2D eigenvalue weighted by atomic mass is 35.5. The summed E-state index contributed by atoms with van der Waals surface area (Å²) in [6, 6.07) is 0.549. The van der Waals surface area contributed by atoms with Gasteiger partial charge in [0.15, 0.2) is 0 Å². The van der Waals surface area contributed by atoms with Crippen molar-refractivity contribution in [3.8, 4) is 0 Å². The second kappa shape index (κ2) is 11.3. The summed E-state index contributed by atoms with van der Waals surface area (Å²) in [5, 5.41) is 0. The molecule has 26 heavy (non-hydrogen) atoms. The van der Waals surface area contributed by atoms with E-state index in [2.05, 4.69) is 6.92 Å². The summed E-state index contributed by atoms with van der Waals surface area (Å²) in [5.41, 5.74) is 7.32. The van der Waals surface area contributed by atoms with Gasteiger partial charge in [-0.25, -0.2) is 0 Å². The van der Waals surface area contributed by atoms with E-state index in [1.54, 1.807) is 6.42 Å². The van der Waals surface area contributed by atoms with Crippen LogP contribution in [0, 0.1) is 23.2 Å². The van der Waals surface area contributed by atoms with Crippen LogP contribution in [0.5, 0.6) is 0 Å². The fourth-order valence-electron chi connectivity index (χ4n) is 6.94. The molecule has 0 aromatic carbocycles. The number of nitrogens with two attached hydrogens (primary N) is 1. The van der Waals surface area contributed by atoms with Crippen LogP contribution in [0.15, 0.2) is 0 Å². The Balaban J connectivity index is 0.00000243. The second-order valence-corrected chi connectivity index (χ2v) is 10.1. The molecule has 0 spiro atoms. The first-order chi connectivity index (χ1) is 12.2. The van der Waals surface area contributed by atoms with E-state index in [0.29, 0.717) is 11.5 Å². The molecule has 1 nitrogen and oxygen atoms in total. The minimum atomic E-state index is 0. The first-order valence-corrected chi connectivity index (χ1v) is 12.0. The van der Waals surface area contributed by atoms with Gasteiger partial charge in [-0.05, 0) is 61.7 Å². The van der Waals surface area contributed by atoms with E-state index in [9.17, 15) is 0 Å². The van der Waals surface area contributed by atoms with Gasteiger partial charge in [-0.15, -0.1) is 12.4 Å². The SMILES string of the molecule is CCCCCCCCCCCCCCC12C[C@@H]3CC(C[C@@H](C3)C1)C2N.Cl. The monoisotopic (exact) mass is 383 g/mol. The topological polar surface area (TPSA) is 26.0 Å². The zero-order valence-electron chi connectivity index (χ0n) is 17.5. The minimum absolute atomic E-state index is 0. The second-order valence-electron chi connectivity index (χ2n) is 10.1. The predicted molar refractivity (Wildman–Crippen MR) is 117 cm³/mol. The molecule has 154 valence electrons. The number of halogens is 1. The van der Waals surface area contributed by atoms with E-state index in [1.165, 1.54) is 109 Å². The summed E-state index contributed by atoms with van der Waals surface area (Å²) in [7, 11) is 0. The van der Waals surface area contributed by atoms with Crippen molar-refractivity contribution < 1.29 is 0 Å². The van der Waals surface area contributed by atoms with Gasteiger partial charge in [-0.3, -0.25) is 0 Å². The summed E-state index contributed by atoms with van der Waals surface area (Å²) in [6.07, 6.45) is 26.4. The Hall–Kier alpha value is 0.250. The smallest absolute Gasteiger partial charge is 0.0124 e. The van der Waals surface area contributed by atoms with Gasteiger partial charge < -0.3 is 5.73 Å². The van der Waals surface area contributed by atoms with E-state index >= 15 is 0 Å². The molecular weight excluding hydrogens is 338 g/mol. The quantitative estimate of drug-likeness (QED) is 0.324. The van der Waals surface area contributed by atoms with Gasteiger partial charge >= 0.3 is 0 Å². The molecule has 4 saturated carbocycles. The molecule has 0 radical (unpaired) electrons. The lowest BCUT2D eigenvalue weighted by molar-refractivity contribution is -0.0773. The maximum absolute atomic E-state index is 6.74. The Labute approximate surface area is 170 Å². The molecule has 4 aliphatic rings. The zero-order valence-corrected chi connectivity index (χ0v) is 18.3. The first kappa shape index (κ1) is 22.5. The summed E-state index contributed by atoms with van der Waals surface area (Å²) in [4.78, 5) is 0. The van der Waals surface area contributed by atoms with Crippen LogP contribution >= 0.6 is 12.4 Å². The van der Waals surface area contributed by atoms with Crippen molar-refractivity contribution in [1.82, 2.24) is 0 Å². The van der Waals surface area contributed by atoms with Crippen molar-refractivity contribution in [1.29, 1.82) is 0 Å². The van der Waals surface area contributed by atoms with E-state index in [1.807, 2.05) is 0 Å². The third kappa shape index (κ3) is 5.87. The first-order valence-electron chi connectivity index (χ1n) is 12.0. The van der Waals surface area contributed by atoms with E-state index in [4.69, 9.17) is 5.73 Å². The van der Waals surface area contributed by atoms with Gasteiger partial charge in [0.1, 0.15) is 0 Å². The Morgan fingerprint density at radius 2 is 1.15 bits per heavy atom. The van der Waals surface area contributed by atoms with E-state index in [0.717, 1.165) is 17.8 Å². The zero-order chi connectivity index (χ0) is 17.5. The van der Waals surface area contributed by atoms with Gasteiger partial charge in [0.05, 0.1) is 0 Å². The highest BCUT2D eigenvalue weighted by Gasteiger charge is 2.54. The van der Waals surface area contributed by atoms with E-state index in [-0.39, 0.29) is 12.4 Å². The highest BCUT2D eigenvalue weighted by Crippen LogP contribution is 2.61. The third-order valence-electron chi connectivity index (χ3n) is 8.07. The minimum Gasteiger partial charge on any atom is -0.327 e. The fourth-order valence-corrected chi connectivity index (χ4v) is 6.94. The lowest BCUT2D eigenvalue weighted by Gasteiger charge is -2.60. The van der Waals surface area contributed by atoms with Crippen molar-refractivity contribution in [2.24, 2.45) is 28.9 Å². The normalized spacial score (nSPS) is 34.8. The van der Waals surface area contributed by atoms with E-state index < -0.39 is 0 Å². The number of unbranched alkanes of at least 4 members (excludes halogenated alkanes) is 11. The molecule has 0 aliphatic heterocycles. The molecule has 3 unspecified atom stereocenters. The molecule has 5 atom stereocenters. The van der Waals surface area contributed by atoms with Crippen LogP contribution in [0.25, 0.3) is 0 Å². The fraction of sp³-hybridized carbons (Fsp3) is 1.00. The van der Waals surface area contributed by atoms with Crippen LogP contribution in [0.1, 0.15) is 122 Å². The van der Waals surface area contributed by atoms with Crippen LogP contribution in [-0.2, 0) is 0 Å². The van der Waals surface area contributed by atoms with Crippen LogP contribution in [0.3, 0.4) is 0 Å². The maximum Gasteiger partial charge on any atom is 0.0124 e. The Morgan fingerprint density at radius 3 is 1.65 bits per heavy atom. The maximum atomic E-state index is 6.74. The molecular formula is C24H46ClN. The number of hydrogen-bond acceptors (Lipinski definition) is 1. The van der Waals surface area contributed by atoms with Crippen LogP contribution in [0.2, 0.25) is 0 Å². The molecule has 4 aliphatic carbocycles. The van der Waals surface area contributed by atoms with Gasteiger partial charge in [-0.1, -0.05) is 84.0 Å². The van der Waals surface area contributed by atoms with Crippen molar-refractivity contribution in [2.75, 3.05) is 0 Å². The summed E-state index contributed by atoms with van der Waals surface area (Å²) >= 11 is 0. The van der Waals surface area contributed by atoms with Crippen molar-refractivity contribution in [3.05, 3.63) is 0 Å². The molecule has 4 fully saturated rings. The number of rotatable bonds is 13. The van der Waals surface area contributed by atoms with Crippen molar-refractivity contribution >= 4 is 12.4 Å². The summed E-state index contributed by atoms with van der Waals surface area (Å²) < 4.78 is 0. The molecule has 0 aromatic rings. The molecule has 0 heterocycles. The lowest BCUT2D eigenvalue weighted by atomic mass is 9.46. The van der Waals surface area contributed by atoms with Gasteiger partial charge in [0.25, 0.3) is 0 Å². The van der Waals surface area contributed by atoms with Crippen LogP contribution in [0.4, 0.5) is 0 Å². The van der Waals surface area contributed by atoms with Crippen LogP contribution in [-0.4, -0.2) is 6.04 Å². The molecule has 0 saturated heterocycles. The average molecular weight is 384 g/mol. The number of hydrogen-bond donors (Lipinski definition) is 1. The standard InChI is InChI=1S/C24H45N.ClH/c1-2-3-4-5-6-7-8-9-10-11-12-13-14-24-18-20-15-21(19-24)17-22(16-20)23(24)25;/h20-23H,2-19,25H2,1H3;1H/t20-,21+,22?,23?,24?;. The predicted octanol–water partition coefficient (Wildman–Crippen LogP) is 7.65. The Morgan fingerprint density at radius 1 is 0.692 bits per heavy atom. The summed E-state index contributed by atoms with van der Waals surface area (Å²) in [6.45, 7) is 2.30. The average Bonchev–Trinajstić information content (AvgIpc) is 2.60. The molecule has 4 rings (SSSR count). The van der Waals surface area contributed by atoms with Crippen molar-refractivity contribution in [2.45, 2.75) is 129 Å². The molecule has 2 N–H and O–H groups in total. The van der Waals surface area contributed by atoms with Crippen LogP contribution < -0.4 is 5.73 Å². The van der Waals surface area contributed by atoms with Gasteiger partial charge in [0.2, 0.25) is 0 Å². The molecule has 4 bridgehead atoms. The third-order valence-corrected chi connectivity index (χ3v) is 8.07. The highest BCUT2D eigenvalue weighted by molar-refractivity contribution is 5.85.